The van der Waals surface area contributed by atoms with E-state index < -0.39 is 30.2 Å². The van der Waals surface area contributed by atoms with Gasteiger partial charge >= 0.3 is 0 Å². The fourth-order valence-electron chi connectivity index (χ4n) is 7.16. The van der Waals surface area contributed by atoms with Gasteiger partial charge < -0.3 is 29.9 Å². The Kier molecular flexibility index (Phi) is 7.62. The van der Waals surface area contributed by atoms with E-state index in [0.717, 1.165) is 32.1 Å². The van der Waals surface area contributed by atoms with Crippen molar-refractivity contribution in [3.63, 3.8) is 0 Å². The van der Waals surface area contributed by atoms with E-state index in [-0.39, 0.29) is 30.0 Å². The lowest BCUT2D eigenvalue weighted by Crippen LogP contribution is -2.62. The van der Waals surface area contributed by atoms with Crippen molar-refractivity contribution in [2.24, 2.45) is 22.7 Å². The van der Waals surface area contributed by atoms with Crippen molar-refractivity contribution in [2.45, 2.75) is 110 Å². The molecule has 0 spiro atoms. The molecule has 180 valence electrons. The molecular weight excluding hydrogens is 396 g/mol. The zero-order chi connectivity index (χ0) is 23.0. The molecule has 0 aromatic rings. The van der Waals surface area contributed by atoms with Gasteiger partial charge in [-0.2, -0.15) is 0 Å². The van der Waals surface area contributed by atoms with Crippen LogP contribution < -0.4 is 0 Å². The summed E-state index contributed by atoms with van der Waals surface area (Å²) in [6.45, 7) is 11.4. The van der Waals surface area contributed by atoms with Gasteiger partial charge in [0.25, 0.3) is 0 Å². The summed E-state index contributed by atoms with van der Waals surface area (Å²) in [5.74, 6) is 0.849. The lowest BCUT2D eigenvalue weighted by atomic mass is 9.45. The van der Waals surface area contributed by atoms with Crippen molar-refractivity contribution in [3.8, 4) is 0 Å². The topological polar surface area (TPSA) is 99.4 Å². The predicted octanol–water partition coefficient (Wildman–Crippen LogP) is 3.16. The second-order valence-electron chi connectivity index (χ2n) is 11.4. The van der Waals surface area contributed by atoms with Crippen molar-refractivity contribution in [1.29, 1.82) is 0 Å². The average Bonchev–Trinajstić information content (AvgIpc) is 2.67. The lowest BCUT2D eigenvalue weighted by molar-refractivity contribution is -0.323. The molecule has 3 fully saturated rings. The maximum Gasteiger partial charge on any atom is 0.186 e. The molecule has 1 saturated heterocycles. The number of allylic oxidation sites excluding steroid dienone is 1. The van der Waals surface area contributed by atoms with E-state index in [9.17, 15) is 20.4 Å². The number of rotatable bonds is 6. The highest BCUT2D eigenvalue weighted by Gasteiger charge is 2.59. The molecular formula is C25H44O6. The van der Waals surface area contributed by atoms with Gasteiger partial charge in [-0.15, -0.1) is 0 Å². The van der Waals surface area contributed by atoms with Gasteiger partial charge in [-0.1, -0.05) is 38.8 Å². The van der Waals surface area contributed by atoms with Crippen molar-refractivity contribution in [1.82, 2.24) is 0 Å². The van der Waals surface area contributed by atoms with Gasteiger partial charge in [0.15, 0.2) is 6.29 Å². The van der Waals surface area contributed by atoms with E-state index in [0.29, 0.717) is 5.92 Å². The van der Waals surface area contributed by atoms with Crippen LogP contribution in [0.15, 0.2) is 11.6 Å². The zero-order valence-electron chi connectivity index (χ0n) is 20.0. The molecule has 6 heteroatoms. The zero-order valence-corrected chi connectivity index (χ0v) is 20.0. The highest BCUT2D eigenvalue weighted by molar-refractivity contribution is 5.10. The number of aliphatic hydroxyl groups is 4. The molecule has 6 nitrogen and oxygen atoms in total. The summed E-state index contributed by atoms with van der Waals surface area (Å²) in [7, 11) is 0. The number of aliphatic hydroxyl groups excluding tert-OH is 4. The van der Waals surface area contributed by atoms with Crippen molar-refractivity contribution in [3.05, 3.63) is 11.6 Å². The summed E-state index contributed by atoms with van der Waals surface area (Å²) >= 11 is 0. The van der Waals surface area contributed by atoms with E-state index in [1.165, 1.54) is 18.4 Å². The number of hydrogen-bond acceptors (Lipinski definition) is 6. The summed E-state index contributed by atoms with van der Waals surface area (Å²) in [4.78, 5) is 0. The van der Waals surface area contributed by atoms with E-state index in [2.05, 4.69) is 34.6 Å². The summed E-state index contributed by atoms with van der Waals surface area (Å²) < 4.78 is 12.2. The van der Waals surface area contributed by atoms with Crippen LogP contribution in [0.4, 0.5) is 0 Å². The minimum absolute atomic E-state index is 0.0467. The molecule has 3 aliphatic rings. The van der Waals surface area contributed by atoms with Gasteiger partial charge in [-0.25, -0.2) is 0 Å². The van der Waals surface area contributed by atoms with Crippen LogP contribution in [0.1, 0.15) is 79.6 Å². The summed E-state index contributed by atoms with van der Waals surface area (Å²) in [5.41, 5.74) is 1.06. The molecule has 8 atom stereocenters. The Labute approximate surface area is 187 Å². The second kappa shape index (κ2) is 9.40. The Morgan fingerprint density at radius 2 is 1.77 bits per heavy atom. The van der Waals surface area contributed by atoms with Crippen molar-refractivity contribution >= 4 is 0 Å². The minimum atomic E-state index is -1.27. The van der Waals surface area contributed by atoms with E-state index in [4.69, 9.17) is 9.47 Å². The molecule has 3 rings (SSSR count). The number of fused-ring (bicyclic) bond motifs is 1. The highest BCUT2D eigenvalue weighted by atomic mass is 16.7. The van der Waals surface area contributed by atoms with Gasteiger partial charge in [0, 0.05) is 0 Å². The van der Waals surface area contributed by atoms with Gasteiger partial charge in [0.2, 0.25) is 0 Å². The molecule has 2 aliphatic carbocycles. The van der Waals surface area contributed by atoms with Crippen LogP contribution in [-0.2, 0) is 9.47 Å². The Morgan fingerprint density at radius 1 is 1.06 bits per heavy atom. The molecule has 1 heterocycles. The third-order valence-electron chi connectivity index (χ3n) is 8.85. The second-order valence-corrected chi connectivity index (χ2v) is 11.4. The number of ether oxygens (including phenoxy) is 2. The fraction of sp³-hybridized carbons (Fsp3) is 0.920. The molecule has 2 saturated carbocycles. The van der Waals surface area contributed by atoms with Crippen LogP contribution in [0.25, 0.3) is 0 Å². The highest BCUT2D eigenvalue weighted by Crippen LogP contribution is 2.64. The molecule has 0 amide bonds. The number of hydrogen-bond donors (Lipinski definition) is 4. The summed E-state index contributed by atoms with van der Waals surface area (Å²) in [6, 6.07) is 0. The monoisotopic (exact) mass is 440 g/mol. The van der Waals surface area contributed by atoms with Gasteiger partial charge in [-0.3, -0.25) is 0 Å². The Hall–Kier alpha value is -0.500. The van der Waals surface area contributed by atoms with Crippen LogP contribution in [0.5, 0.6) is 0 Å². The van der Waals surface area contributed by atoms with Crippen molar-refractivity contribution < 1.29 is 29.9 Å². The summed E-state index contributed by atoms with van der Waals surface area (Å²) in [5, 5.41) is 39.8. The van der Waals surface area contributed by atoms with E-state index >= 15 is 0 Å². The van der Waals surface area contributed by atoms with Crippen LogP contribution in [0.3, 0.4) is 0 Å². The first-order chi connectivity index (χ1) is 14.4. The molecule has 0 unspecified atom stereocenters. The SMILES string of the molecule is C/C(=C\CO)CC[C@@H]1[C@@]2(C)CCCC(C)(C)[C@@H]2CC[C@@]1(C)O[C@H]1OC[C@H](O)[C@@H](O)[C@@H]1O. The maximum atomic E-state index is 10.5. The smallest absolute Gasteiger partial charge is 0.186 e. The molecule has 31 heavy (non-hydrogen) atoms. The maximum absolute atomic E-state index is 10.5. The van der Waals surface area contributed by atoms with Gasteiger partial charge in [-0.05, 0) is 75.0 Å². The predicted molar refractivity (Wildman–Crippen MR) is 119 cm³/mol. The Morgan fingerprint density at radius 3 is 2.45 bits per heavy atom. The Balaban J connectivity index is 1.89. The molecule has 0 aromatic carbocycles. The summed E-state index contributed by atoms with van der Waals surface area (Å²) in [6.07, 6.45) is 4.65. The Bertz CT molecular complexity index is 648. The molecule has 1 aliphatic heterocycles. The normalized spacial score (nSPS) is 45.9. The lowest BCUT2D eigenvalue weighted by Gasteiger charge is -2.63. The fourth-order valence-corrected chi connectivity index (χ4v) is 7.16. The van der Waals surface area contributed by atoms with E-state index in [1.807, 2.05) is 6.08 Å². The van der Waals surface area contributed by atoms with Crippen molar-refractivity contribution in [2.75, 3.05) is 13.2 Å². The average molecular weight is 441 g/mol. The molecule has 0 bridgehead atoms. The molecule has 0 radical (unpaired) electrons. The largest absolute Gasteiger partial charge is 0.392 e. The van der Waals surface area contributed by atoms with Crippen LogP contribution in [0.2, 0.25) is 0 Å². The van der Waals surface area contributed by atoms with Crippen LogP contribution in [-0.4, -0.2) is 63.8 Å². The third kappa shape index (κ3) is 4.90. The van der Waals surface area contributed by atoms with Gasteiger partial charge in [0.1, 0.15) is 18.3 Å². The van der Waals surface area contributed by atoms with Gasteiger partial charge in [0.05, 0.1) is 18.8 Å². The quantitative estimate of drug-likeness (QED) is 0.374. The van der Waals surface area contributed by atoms with Crippen LogP contribution >= 0.6 is 0 Å². The standard InChI is InChI=1S/C25H44O6/c1-16(10-14-26)7-8-19-24(4)12-6-11-23(2,3)18(24)9-13-25(19,5)31-22-21(29)20(28)17(27)15-30-22/h10,17-22,26-29H,6-9,11-15H2,1-5H3/b16-10+/t17-,18-,19+,20+,21-,22+,24-,25+/m0/s1. The molecule has 0 aromatic heterocycles. The van der Waals surface area contributed by atoms with Crippen LogP contribution in [0, 0.1) is 22.7 Å². The first-order valence-electron chi connectivity index (χ1n) is 12.0. The van der Waals surface area contributed by atoms with E-state index in [1.54, 1.807) is 0 Å². The first-order valence-corrected chi connectivity index (χ1v) is 12.0. The molecule has 4 N–H and O–H groups in total. The third-order valence-corrected chi connectivity index (χ3v) is 8.85. The first kappa shape index (κ1) is 25.1. The minimum Gasteiger partial charge on any atom is -0.392 e.